The minimum absolute atomic E-state index is 0.0937. The number of hydrogen-bond donors (Lipinski definition) is 2. The van der Waals surface area contributed by atoms with Gasteiger partial charge in [0.1, 0.15) is 0 Å². The van der Waals surface area contributed by atoms with Crippen LogP contribution in [0.4, 0.5) is 0 Å². The van der Waals surface area contributed by atoms with Crippen molar-refractivity contribution in [3.05, 3.63) is 42.1 Å². The Kier molecular flexibility index (Phi) is 4.85. The molecule has 0 saturated heterocycles. The Balaban J connectivity index is 2.25. The smallest absolute Gasteiger partial charge is 0.0750 e. The molecule has 102 valence electrons. The van der Waals surface area contributed by atoms with E-state index >= 15 is 0 Å². The van der Waals surface area contributed by atoms with Crippen molar-refractivity contribution in [1.82, 2.24) is 10.3 Å². The lowest BCUT2D eigenvalue weighted by atomic mass is 10.0. The molecule has 4 nitrogen and oxygen atoms in total. The topological polar surface area (TPSA) is 60.2 Å². The highest BCUT2D eigenvalue weighted by Gasteiger charge is 2.14. The van der Waals surface area contributed by atoms with E-state index in [-0.39, 0.29) is 12.1 Å². The highest BCUT2D eigenvalue weighted by atomic mass is 16.5. The number of pyridine rings is 1. The van der Waals surface area contributed by atoms with Crippen molar-refractivity contribution in [2.45, 2.75) is 19.1 Å². The molecule has 0 aliphatic heterocycles. The van der Waals surface area contributed by atoms with Crippen LogP contribution < -0.4 is 11.1 Å². The van der Waals surface area contributed by atoms with Gasteiger partial charge in [-0.05, 0) is 18.6 Å². The van der Waals surface area contributed by atoms with Gasteiger partial charge in [-0.2, -0.15) is 0 Å². The first-order chi connectivity index (χ1) is 9.26. The van der Waals surface area contributed by atoms with E-state index in [1.54, 1.807) is 7.11 Å². The average molecular weight is 259 g/mol. The Hall–Kier alpha value is -1.49. The maximum atomic E-state index is 5.89. The van der Waals surface area contributed by atoms with E-state index in [9.17, 15) is 0 Å². The van der Waals surface area contributed by atoms with Gasteiger partial charge in [0.2, 0.25) is 0 Å². The van der Waals surface area contributed by atoms with Crippen molar-refractivity contribution >= 4 is 10.9 Å². The number of rotatable bonds is 6. The first-order valence-electron chi connectivity index (χ1n) is 6.56. The maximum Gasteiger partial charge on any atom is 0.0750 e. The van der Waals surface area contributed by atoms with Gasteiger partial charge < -0.3 is 15.8 Å². The third kappa shape index (κ3) is 3.29. The summed E-state index contributed by atoms with van der Waals surface area (Å²) in [7, 11) is 1.71. The summed E-state index contributed by atoms with van der Waals surface area (Å²) < 4.78 is 5.25. The Bertz CT molecular complexity index is 524. The second-order valence-corrected chi connectivity index (χ2v) is 4.67. The highest BCUT2D eigenvalue weighted by molar-refractivity contribution is 5.82. The zero-order chi connectivity index (χ0) is 13.7. The number of fused-ring (bicyclic) bond motifs is 1. The standard InChI is InChI=1S/C15H21N3O/c1-11(19-2)10-18-14(9-16)13-7-3-5-12-6-4-8-17-15(12)13/h3-8,11,14,18H,9-10,16H2,1-2H3. The van der Waals surface area contributed by atoms with Crippen LogP contribution in [0.3, 0.4) is 0 Å². The number of benzene rings is 1. The van der Waals surface area contributed by atoms with Gasteiger partial charge >= 0.3 is 0 Å². The summed E-state index contributed by atoms with van der Waals surface area (Å²) in [6, 6.07) is 10.3. The van der Waals surface area contributed by atoms with Gasteiger partial charge in [0.25, 0.3) is 0 Å². The first kappa shape index (κ1) is 13.9. The Morgan fingerprint density at radius 3 is 2.84 bits per heavy atom. The molecular weight excluding hydrogens is 238 g/mol. The second kappa shape index (κ2) is 6.61. The minimum Gasteiger partial charge on any atom is -0.380 e. The molecule has 0 aliphatic rings. The summed E-state index contributed by atoms with van der Waals surface area (Å²) >= 11 is 0. The van der Waals surface area contributed by atoms with Crippen molar-refractivity contribution in [2.24, 2.45) is 5.73 Å². The summed E-state index contributed by atoms with van der Waals surface area (Å²) in [5, 5.41) is 4.58. The third-order valence-corrected chi connectivity index (χ3v) is 3.33. The van der Waals surface area contributed by atoms with Crippen LogP contribution in [0.1, 0.15) is 18.5 Å². The van der Waals surface area contributed by atoms with Crippen molar-refractivity contribution < 1.29 is 4.74 Å². The molecule has 0 bridgehead atoms. The number of ether oxygens (including phenoxy) is 1. The Labute approximate surface area is 114 Å². The van der Waals surface area contributed by atoms with E-state index in [1.165, 1.54) is 0 Å². The lowest BCUT2D eigenvalue weighted by molar-refractivity contribution is 0.114. The van der Waals surface area contributed by atoms with E-state index in [0.29, 0.717) is 6.54 Å². The fourth-order valence-electron chi connectivity index (χ4n) is 2.12. The van der Waals surface area contributed by atoms with Crippen LogP contribution in [0, 0.1) is 0 Å². The third-order valence-electron chi connectivity index (χ3n) is 3.33. The van der Waals surface area contributed by atoms with Gasteiger partial charge in [0.05, 0.1) is 11.6 Å². The zero-order valence-electron chi connectivity index (χ0n) is 11.5. The summed E-state index contributed by atoms with van der Waals surface area (Å²) in [4.78, 5) is 4.47. The van der Waals surface area contributed by atoms with Gasteiger partial charge in [-0.15, -0.1) is 0 Å². The molecule has 2 aromatic rings. The van der Waals surface area contributed by atoms with Gasteiger partial charge in [0, 0.05) is 37.8 Å². The number of hydrogen-bond acceptors (Lipinski definition) is 4. The molecule has 4 heteroatoms. The summed E-state index contributed by atoms with van der Waals surface area (Å²) in [6.45, 7) is 3.33. The summed E-state index contributed by atoms with van der Waals surface area (Å²) in [5.74, 6) is 0. The fourth-order valence-corrected chi connectivity index (χ4v) is 2.12. The molecule has 1 aromatic heterocycles. The van der Waals surface area contributed by atoms with E-state index in [4.69, 9.17) is 10.5 Å². The number of para-hydroxylation sites is 1. The second-order valence-electron chi connectivity index (χ2n) is 4.67. The first-order valence-corrected chi connectivity index (χ1v) is 6.56. The molecule has 0 amide bonds. The van der Waals surface area contributed by atoms with Gasteiger partial charge in [-0.25, -0.2) is 0 Å². The van der Waals surface area contributed by atoms with Gasteiger partial charge in [-0.1, -0.05) is 24.3 Å². The molecule has 0 fully saturated rings. The summed E-state index contributed by atoms with van der Waals surface area (Å²) in [6.07, 6.45) is 1.98. The van der Waals surface area contributed by atoms with Gasteiger partial charge in [-0.3, -0.25) is 4.98 Å². The molecule has 0 radical (unpaired) electrons. The van der Waals surface area contributed by atoms with Crippen LogP contribution in [0.5, 0.6) is 0 Å². The molecule has 19 heavy (non-hydrogen) atoms. The molecule has 2 atom stereocenters. The lowest BCUT2D eigenvalue weighted by Crippen LogP contribution is -2.34. The van der Waals surface area contributed by atoms with Crippen molar-refractivity contribution in [1.29, 1.82) is 0 Å². The number of aromatic nitrogens is 1. The summed E-state index contributed by atoms with van der Waals surface area (Å²) in [5.41, 5.74) is 8.05. The van der Waals surface area contributed by atoms with E-state index in [0.717, 1.165) is 23.0 Å². The quantitative estimate of drug-likeness (QED) is 0.831. The van der Waals surface area contributed by atoms with Crippen molar-refractivity contribution in [3.8, 4) is 0 Å². The van der Waals surface area contributed by atoms with E-state index < -0.39 is 0 Å². The monoisotopic (exact) mass is 259 g/mol. The van der Waals surface area contributed by atoms with Crippen LogP contribution >= 0.6 is 0 Å². The molecule has 0 spiro atoms. The van der Waals surface area contributed by atoms with Gasteiger partial charge in [0.15, 0.2) is 0 Å². The largest absolute Gasteiger partial charge is 0.380 e. The Morgan fingerprint density at radius 2 is 2.11 bits per heavy atom. The predicted octanol–water partition coefficient (Wildman–Crippen LogP) is 1.86. The van der Waals surface area contributed by atoms with Crippen LogP contribution in [0.2, 0.25) is 0 Å². The van der Waals surface area contributed by atoms with Crippen molar-refractivity contribution in [2.75, 3.05) is 20.2 Å². The molecule has 1 heterocycles. The zero-order valence-corrected chi connectivity index (χ0v) is 11.5. The molecule has 2 rings (SSSR count). The number of nitrogens with zero attached hydrogens (tertiary/aromatic N) is 1. The van der Waals surface area contributed by atoms with Crippen molar-refractivity contribution in [3.63, 3.8) is 0 Å². The molecule has 0 aliphatic carbocycles. The molecule has 2 unspecified atom stereocenters. The molecular formula is C15H21N3O. The number of nitrogens with two attached hydrogens (primary N) is 1. The van der Waals surface area contributed by atoms with E-state index in [1.807, 2.05) is 25.3 Å². The van der Waals surface area contributed by atoms with Crippen LogP contribution in [-0.2, 0) is 4.74 Å². The highest BCUT2D eigenvalue weighted by Crippen LogP contribution is 2.21. The normalized spacial score (nSPS) is 14.5. The lowest BCUT2D eigenvalue weighted by Gasteiger charge is -2.20. The van der Waals surface area contributed by atoms with Crippen LogP contribution in [-0.4, -0.2) is 31.3 Å². The SMILES string of the molecule is COC(C)CNC(CN)c1cccc2cccnc12. The predicted molar refractivity (Wildman–Crippen MR) is 78.0 cm³/mol. The van der Waals surface area contributed by atoms with E-state index in [2.05, 4.69) is 28.5 Å². The minimum atomic E-state index is 0.0937. The maximum absolute atomic E-state index is 5.89. The average Bonchev–Trinajstić information content (AvgIpc) is 2.47. The molecule has 3 N–H and O–H groups in total. The Morgan fingerprint density at radius 1 is 1.32 bits per heavy atom. The van der Waals surface area contributed by atoms with Crippen LogP contribution in [0.15, 0.2) is 36.5 Å². The fraction of sp³-hybridized carbons (Fsp3) is 0.400. The molecule has 0 saturated carbocycles. The number of nitrogens with one attached hydrogen (secondary N) is 1. The number of methoxy groups -OCH3 is 1. The van der Waals surface area contributed by atoms with Crippen LogP contribution in [0.25, 0.3) is 10.9 Å². The molecule has 1 aromatic carbocycles.